The third-order valence-corrected chi connectivity index (χ3v) is 5.54. The van der Waals surface area contributed by atoms with Crippen molar-refractivity contribution in [2.45, 2.75) is 52.1 Å². The minimum atomic E-state index is -0.223. The van der Waals surface area contributed by atoms with Crippen molar-refractivity contribution < 1.29 is 4.42 Å². The number of oxazole rings is 1. The van der Waals surface area contributed by atoms with Gasteiger partial charge in [0, 0.05) is 17.5 Å². The Bertz CT molecular complexity index is 1040. The summed E-state index contributed by atoms with van der Waals surface area (Å²) in [5, 5.41) is 9.95. The van der Waals surface area contributed by atoms with E-state index in [0.29, 0.717) is 24.1 Å². The number of hydrogen-bond donors (Lipinski definition) is 4. The lowest BCUT2D eigenvalue weighted by molar-refractivity contribution is 0.498. The Balaban J connectivity index is 1.94. The van der Waals surface area contributed by atoms with Crippen LogP contribution >= 0.6 is 0 Å². The summed E-state index contributed by atoms with van der Waals surface area (Å²) in [5.74, 6) is 1.52. The van der Waals surface area contributed by atoms with Gasteiger partial charge in [-0.3, -0.25) is 5.41 Å². The van der Waals surface area contributed by atoms with Crippen molar-refractivity contribution in [3.05, 3.63) is 76.8 Å². The van der Waals surface area contributed by atoms with Gasteiger partial charge in [-0.25, -0.2) is 4.98 Å². The number of guanidine groups is 1. The highest BCUT2D eigenvalue weighted by molar-refractivity contribution is 5.74. The van der Waals surface area contributed by atoms with E-state index in [2.05, 4.69) is 68.3 Å². The Kier molecular flexibility index (Phi) is 6.27. The topological polar surface area (TPSA) is 114 Å². The predicted octanol–water partition coefficient (Wildman–Crippen LogP) is 4.23. The molecule has 0 spiro atoms. The van der Waals surface area contributed by atoms with E-state index in [9.17, 15) is 0 Å². The van der Waals surface area contributed by atoms with Crippen molar-refractivity contribution >= 4 is 5.96 Å². The van der Waals surface area contributed by atoms with Crippen LogP contribution in [-0.4, -0.2) is 10.9 Å². The van der Waals surface area contributed by atoms with E-state index < -0.39 is 0 Å². The fraction of sp³-hybridized carbons (Fsp3) is 0.333. The summed E-state index contributed by atoms with van der Waals surface area (Å²) in [6.45, 7) is 9.62. The molecule has 3 rings (SSSR count). The normalized spacial score (nSPS) is 11.7. The monoisotopic (exact) mass is 405 g/mol. The van der Waals surface area contributed by atoms with Crippen LogP contribution in [0.1, 0.15) is 61.8 Å². The quantitative estimate of drug-likeness (QED) is 0.347. The van der Waals surface area contributed by atoms with Crippen LogP contribution in [0.15, 0.2) is 53.1 Å². The minimum absolute atomic E-state index is 0.113. The second-order valence-electron chi connectivity index (χ2n) is 8.37. The van der Waals surface area contributed by atoms with Gasteiger partial charge >= 0.3 is 0 Å². The second kappa shape index (κ2) is 8.71. The van der Waals surface area contributed by atoms with Crippen molar-refractivity contribution in [3.63, 3.8) is 0 Å². The highest BCUT2D eigenvalue weighted by Crippen LogP contribution is 2.36. The number of nitrogens with two attached hydrogens (primary N) is 2. The summed E-state index contributed by atoms with van der Waals surface area (Å²) >= 11 is 0. The molecule has 6 nitrogen and oxygen atoms in total. The van der Waals surface area contributed by atoms with Crippen LogP contribution in [0.2, 0.25) is 0 Å². The van der Waals surface area contributed by atoms with Crippen molar-refractivity contribution in [1.82, 2.24) is 10.3 Å². The van der Waals surface area contributed by atoms with E-state index in [1.807, 2.05) is 12.1 Å². The number of hydrogen-bond acceptors (Lipinski definition) is 4. The molecule has 0 bridgehead atoms. The molecular formula is C24H31N5O. The number of rotatable bonds is 7. The van der Waals surface area contributed by atoms with Crippen LogP contribution in [0, 0.1) is 5.41 Å². The molecule has 158 valence electrons. The first kappa shape index (κ1) is 21.6. The zero-order valence-corrected chi connectivity index (χ0v) is 18.1. The van der Waals surface area contributed by atoms with Gasteiger partial charge in [0.25, 0.3) is 0 Å². The van der Waals surface area contributed by atoms with E-state index >= 15 is 0 Å². The van der Waals surface area contributed by atoms with Gasteiger partial charge in [0.15, 0.2) is 11.7 Å². The Hall–Kier alpha value is -3.12. The third-order valence-electron chi connectivity index (χ3n) is 5.54. The first-order valence-electron chi connectivity index (χ1n) is 10.2. The van der Waals surface area contributed by atoms with Gasteiger partial charge in [0.05, 0.1) is 12.7 Å². The molecule has 0 saturated carbocycles. The molecule has 0 fully saturated rings. The molecule has 3 aromatic rings. The molecule has 0 aliphatic carbocycles. The molecule has 1 aromatic heterocycles. The summed E-state index contributed by atoms with van der Waals surface area (Å²) in [5.41, 5.74) is 17.1. The van der Waals surface area contributed by atoms with Gasteiger partial charge in [0.2, 0.25) is 5.89 Å². The van der Waals surface area contributed by atoms with Crippen molar-refractivity contribution in [2.75, 3.05) is 0 Å². The van der Waals surface area contributed by atoms with Gasteiger partial charge in [-0.05, 0) is 34.2 Å². The average Bonchev–Trinajstić information content (AvgIpc) is 3.21. The highest BCUT2D eigenvalue weighted by Gasteiger charge is 2.26. The van der Waals surface area contributed by atoms with E-state index in [1.165, 1.54) is 22.3 Å². The fourth-order valence-corrected chi connectivity index (χ4v) is 3.66. The summed E-state index contributed by atoms with van der Waals surface area (Å²) in [7, 11) is 0. The van der Waals surface area contributed by atoms with Gasteiger partial charge in [-0.1, -0.05) is 64.1 Å². The van der Waals surface area contributed by atoms with Gasteiger partial charge in [0.1, 0.15) is 0 Å². The van der Waals surface area contributed by atoms with E-state index in [0.717, 1.165) is 5.56 Å². The molecule has 1 heterocycles. The molecule has 0 radical (unpaired) electrons. The lowest BCUT2D eigenvalue weighted by atomic mass is 9.75. The molecule has 30 heavy (non-hydrogen) atoms. The minimum Gasteiger partial charge on any atom is -0.439 e. The Morgan fingerprint density at radius 2 is 1.97 bits per heavy atom. The SMILES string of the molecule is CC(C)c1ccc(C(C)(C)c2cccc(-c3cnc(CNC(=N)N)o3)c2)c(CN)c1. The summed E-state index contributed by atoms with van der Waals surface area (Å²) < 4.78 is 5.83. The van der Waals surface area contributed by atoms with Crippen molar-refractivity contribution in [3.8, 4) is 11.3 Å². The molecule has 0 aliphatic rings. The van der Waals surface area contributed by atoms with Crippen LogP contribution < -0.4 is 16.8 Å². The van der Waals surface area contributed by atoms with Crippen LogP contribution in [0.25, 0.3) is 11.3 Å². The van der Waals surface area contributed by atoms with E-state index in [1.54, 1.807) is 6.20 Å². The average molecular weight is 406 g/mol. The highest BCUT2D eigenvalue weighted by atomic mass is 16.4. The maximum absolute atomic E-state index is 7.25. The third kappa shape index (κ3) is 4.54. The molecule has 0 atom stereocenters. The van der Waals surface area contributed by atoms with Crippen molar-refractivity contribution in [2.24, 2.45) is 11.5 Å². The molecule has 0 amide bonds. The zero-order valence-electron chi connectivity index (χ0n) is 18.1. The molecule has 6 N–H and O–H groups in total. The maximum Gasteiger partial charge on any atom is 0.214 e. The zero-order chi connectivity index (χ0) is 21.9. The van der Waals surface area contributed by atoms with Gasteiger partial charge in [-0.2, -0.15) is 0 Å². The summed E-state index contributed by atoms with van der Waals surface area (Å²) in [6.07, 6.45) is 1.70. The maximum atomic E-state index is 7.25. The largest absolute Gasteiger partial charge is 0.439 e. The second-order valence-corrected chi connectivity index (χ2v) is 8.37. The van der Waals surface area contributed by atoms with Gasteiger partial charge < -0.3 is 21.2 Å². The van der Waals surface area contributed by atoms with Crippen molar-refractivity contribution in [1.29, 1.82) is 5.41 Å². The lowest BCUT2D eigenvalue weighted by Crippen LogP contribution is -2.29. The van der Waals surface area contributed by atoms with Crippen LogP contribution in [0.5, 0.6) is 0 Å². The molecule has 0 aliphatic heterocycles. The Morgan fingerprint density at radius 1 is 1.20 bits per heavy atom. The molecular weight excluding hydrogens is 374 g/mol. The summed E-state index contributed by atoms with van der Waals surface area (Å²) in [4.78, 5) is 4.27. The molecule has 2 aromatic carbocycles. The smallest absolute Gasteiger partial charge is 0.214 e. The summed E-state index contributed by atoms with van der Waals surface area (Å²) in [6, 6.07) is 15.0. The Labute approximate surface area is 178 Å². The predicted molar refractivity (Wildman–Crippen MR) is 121 cm³/mol. The number of benzene rings is 2. The molecule has 0 unspecified atom stereocenters. The first-order chi connectivity index (χ1) is 14.2. The first-order valence-corrected chi connectivity index (χ1v) is 10.2. The van der Waals surface area contributed by atoms with E-state index in [4.69, 9.17) is 21.3 Å². The fourth-order valence-electron chi connectivity index (χ4n) is 3.66. The van der Waals surface area contributed by atoms with Crippen LogP contribution in [0.3, 0.4) is 0 Å². The van der Waals surface area contributed by atoms with Crippen LogP contribution in [0.4, 0.5) is 0 Å². The number of nitrogens with zero attached hydrogens (tertiary/aromatic N) is 1. The van der Waals surface area contributed by atoms with Crippen LogP contribution in [-0.2, 0) is 18.5 Å². The lowest BCUT2D eigenvalue weighted by Gasteiger charge is -2.29. The standard InChI is InChI=1S/C24H31N5O/c1-15(2)16-8-9-20(18(10-16)12-25)24(3,4)19-7-5-6-17(11-19)21-13-28-22(30-21)14-29-23(26)27/h5-11,13,15H,12,14,25H2,1-4H3,(H4,26,27,29). The van der Waals surface area contributed by atoms with E-state index in [-0.39, 0.29) is 17.9 Å². The molecule has 6 heteroatoms. The number of aromatic nitrogens is 1. The van der Waals surface area contributed by atoms with Gasteiger partial charge in [-0.15, -0.1) is 0 Å². The Morgan fingerprint density at radius 3 is 2.63 bits per heavy atom. The molecule has 0 saturated heterocycles. The number of nitrogens with one attached hydrogen (secondary N) is 2.